The van der Waals surface area contributed by atoms with Gasteiger partial charge in [0.15, 0.2) is 5.13 Å². The molecule has 1 unspecified atom stereocenters. The lowest BCUT2D eigenvalue weighted by molar-refractivity contribution is -0.139. The first kappa shape index (κ1) is 30.4. The summed E-state index contributed by atoms with van der Waals surface area (Å²) < 4.78 is 59.1. The number of nitrogens with one attached hydrogen (secondary N) is 1. The number of halogens is 4. The Hall–Kier alpha value is -2.18. The smallest absolute Gasteiger partial charge is 0.416 e. The Balaban J connectivity index is 1.52. The first-order chi connectivity index (χ1) is 18.0. The fraction of sp³-hybridized carbons (Fsp3) is 0.577. The van der Waals surface area contributed by atoms with Gasteiger partial charge in [-0.25, -0.2) is 9.37 Å². The maximum atomic E-state index is 13.3. The highest BCUT2D eigenvalue weighted by atomic mass is 32.2. The van der Waals surface area contributed by atoms with E-state index in [1.165, 1.54) is 17.5 Å². The van der Waals surface area contributed by atoms with Crippen LogP contribution in [0.25, 0.3) is 0 Å². The normalized spacial score (nSPS) is 18.8. The number of nitrogens with zero attached hydrogens (tertiary/aromatic N) is 1. The van der Waals surface area contributed by atoms with E-state index in [9.17, 15) is 27.2 Å². The second-order valence-corrected chi connectivity index (χ2v) is 12.0. The van der Waals surface area contributed by atoms with E-state index < -0.39 is 23.5 Å². The summed E-state index contributed by atoms with van der Waals surface area (Å²) in [6, 6.07) is 2.56. The van der Waals surface area contributed by atoms with Gasteiger partial charge in [0.1, 0.15) is 5.82 Å². The van der Waals surface area contributed by atoms with Gasteiger partial charge in [0, 0.05) is 13.0 Å². The molecule has 2 N–H and O–H groups in total. The summed E-state index contributed by atoms with van der Waals surface area (Å²) in [7, 11) is 0. The summed E-state index contributed by atoms with van der Waals surface area (Å²) >= 11 is 2.37. The lowest BCUT2D eigenvalue weighted by Crippen LogP contribution is -2.26. The van der Waals surface area contributed by atoms with Crippen molar-refractivity contribution in [2.45, 2.75) is 68.9 Å². The monoisotopic (exact) mass is 576 g/mol. The van der Waals surface area contributed by atoms with Crippen molar-refractivity contribution in [1.82, 2.24) is 4.98 Å². The number of aliphatic carboxylic acids is 1. The molecule has 38 heavy (non-hydrogen) atoms. The molecule has 1 heterocycles. The molecule has 0 saturated heterocycles. The average Bonchev–Trinajstić information content (AvgIpc) is 3.29. The van der Waals surface area contributed by atoms with Crippen molar-refractivity contribution in [2.24, 2.45) is 17.8 Å². The van der Waals surface area contributed by atoms with Crippen LogP contribution in [0.2, 0.25) is 0 Å². The molecule has 1 aliphatic rings. The summed E-state index contributed by atoms with van der Waals surface area (Å²) in [6.45, 7) is 2.18. The van der Waals surface area contributed by atoms with Gasteiger partial charge in [-0.3, -0.25) is 9.59 Å². The van der Waals surface area contributed by atoms with Crippen LogP contribution in [0.5, 0.6) is 0 Å². The van der Waals surface area contributed by atoms with Gasteiger partial charge in [-0.15, -0.1) is 11.8 Å². The van der Waals surface area contributed by atoms with Crippen LogP contribution in [-0.2, 0) is 27.1 Å². The molecule has 12 heteroatoms. The first-order valence-corrected chi connectivity index (χ1v) is 14.3. The molecule has 1 saturated carbocycles. The molecule has 1 amide bonds. The quantitative estimate of drug-likeness (QED) is 0.148. The van der Waals surface area contributed by atoms with Crippen LogP contribution in [0, 0.1) is 23.6 Å². The number of carboxylic acids is 1. The molecule has 1 atom stereocenters. The van der Waals surface area contributed by atoms with Crippen LogP contribution in [0.1, 0.15) is 63.0 Å². The number of anilines is 1. The summed E-state index contributed by atoms with van der Waals surface area (Å²) in [5, 5.41) is 12.0. The lowest BCUT2D eigenvalue weighted by Gasteiger charge is -2.32. The Labute approximate surface area is 227 Å². The molecule has 2 aromatic rings. The number of thioether (sulfide) groups is 1. The largest absolute Gasteiger partial charge is 0.481 e. The lowest BCUT2D eigenvalue weighted by atomic mass is 9.73. The molecule has 6 nitrogen and oxygen atoms in total. The Morgan fingerprint density at radius 2 is 2.00 bits per heavy atom. The van der Waals surface area contributed by atoms with Gasteiger partial charge in [0.2, 0.25) is 5.91 Å². The van der Waals surface area contributed by atoms with E-state index in [-0.39, 0.29) is 36.4 Å². The standard InChI is InChI=1S/C26H32F4N2O4S2/c1-16-4-6-17(7-5-16)18(11-22(33)32-25-31-13-24(38-25)37-15-23(34)35)3-2-10-36-14-19-8-9-20(27)12-21(19)26(28,29)30/h8-9,12-13,16-18H,2-7,10-11,14-15H2,1H3,(H,34,35)(H,31,32,33). The first-order valence-electron chi connectivity index (χ1n) is 12.5. The van der Waals surface area contributed by atoms with E-state index in [0.29, 0.717) is 46.5 Å². The second kappa shape index (κ2) is 14.3. The van der Waals surface area contributed by atoms with Gasteiger partial charge >= 0.3 is 12.1 Å². The molecule has 0 aliphatic heterocycles. The van der Waals surface area contributed by atoms with Crippen molar-refractivity contribution in [1.29, 1.82) is 0 Å². The zero-order valence-electron chi connectivity index (χ0n) is 21.1. The molecule has 0 bridgehead atoms. The number of rotatable bonds is 13. The van der Waals surface area contributed by atoms with Gasteiger partial charge in [-0.1, -0.05) is 37.2 Å². The fourth-order valence-electron chi connectivity index (χ4n) is 4.75. The van der Waals surface area contributed by atoms with Crippen molar-refractivity contribution in [3.8, 4) is 0 Å². The number of carboxylic acid groups (broad SMARTS) is 1. The van der Waals surface area contributed by atoms with Gasteiger partial charge in [0.05, 0.1) is 28.3 Å². The van der Waals surface area contributed by atoms with Crippen molar-refractivity contribution in [3.05, 3.63) is 41.3 Å². The molecule has 3 rings (SSSR count). The number of thiazole rings is 1. The van der Waals surface area contributed by atoms with Crippen LogP contribution < -0.4 is 5.32 Å². The van der Waals surface area contributed by atoms with Crippen molar-refractivity contribution >= 4 is 40.1 Å². The minimum atomic E-state index is -4.66. The second-order valence-electron chi connectivity index (χ2n) is 9.69. The van der Waals surface area contributed by atoms with E-state index in [2.05, 4.69) is 17.2 Å². The number of hydrogen-bond donors (Lipinski definition) is 2. The average molecular weight is 577 g/mol. The minimum absolute atomic E-state index is 0.0848. The zero-order valence-corrected chi connectivity index (χ0v) is 22.7. The molecule has 1 aromatic carbocycles. The number of carbonyl (C=O) groups is 2. The number of benzene rings is 1. The maximum absolute atomic E-state index is 13.3. The summed E-state index contributed by atoms with van der Waals surface area (Å²) in [6.07, 6.45) is 2.70. The third-order valence-electron chi connectivity index (χ3n) is 6.74. The third kappa shape index (κ3) is 9.85. The van der Waals surface area contributed by atoms with E-state index in [4.69, 9.17) is 9.84 Å². The van der Waals surface area contributed by atoms with Crippen LogP contribution in [0.15, 0.2) is 28.6 Å². The van der Waals surface area contributed by atoms with Crippen molar-refractivity contribution in [3.63, 3.8) is 0 Å². The SMILES string of the molecule is CC1CCC(C(CCCOCc2ccc(F)cc2C(F)(F)F)CC(=O)Nc2ncc(SCC(=O)O)s2)CC1. The number of amides is 1. The maximum Gasteiger partial charge on any atom is 0.416 e. The summed E-state index contributed by atoms with van der Waals surface area (Å²) in [4.78, 5) is 27.7. The molecule has 1 fully saturated rings. The highest BCUT2D eigenvalue weighted by molar-refractivity contribution is 8.01. The molecule has 1 aromatic heterocycles. The van der Waals surface area contributed by atoms with Gasteiger partial charge in [0.25, 0.3) is 0 Å². The Bertz CT molecular complexity index is 1070. The molecular formula is C26H32F4N2O4S2. The van der Waals surface area contributed by atoms with E-state index in [1.807, 2.05) is 0 Å². The number of carbonyl (C=O) groups excluding carboxylic acids is 1. The summed E-state index contributed by atoms with van der Waals surface area (Å²) in [5.74, 6) is -0.997. The van der Waals surface area contributed by atoms with Crippen LogP contribution in [0.3, 0.4) is 0 Å². The third-order valence-corrected chi connectivity index (χ3v) is 8.83. The van der Waals surface area contributed by atoms with E-state index in [1.54, 1.807) is 0 Å². The van der Waals surface area contributed by atoms with Crippen molar-refractivity contribution in [2.75, 3.05) is 17.7 Å². The van der Waals surface area contributed by atoms with Crippen LogP contribution in [-0.4, -0.2) is 34.3 Å². The van der Waals surface area contributed by atoms with Gasteiger partial charge < -0.3 is 15.2 Å². The van der Waals surface area contributed by atoms with E-state index >= 15 is 0 Å². The minimum Gasteiger partial charge on any atom is -0.481 e. The summed E-state index contributed by atoms with van der Waals surface area (Å²) in [5.41, 5.74) is -1.14. The fourth-order valence-corrected chi connectivity index (χ4v) is 6.36. The molecule has 0 spiro atoms. The Morgan fingerprint density at radius 3 is 2.68 bits per heavy atom. The molecule has 210 valence electrons. The molecule has 1 aliphatic carbocycles. The number of ether oxygens (including phenoxy) is 1. The van der Waals surface area contributed by atoms with Crippen LogP contribution >= 0.6 is 23.1 Å². The highest BCUT2D eigenvalue weighted by Gasteiger charge is 2.34. The van der Waals surface area contributed by atoms with Gasteiger partial charge in [-0.2, -0.15) is 13.2 Å². The highest BCUT2D eigenvalue weighted by Crippen LogP contribution is 2.37. The topological polar surface area (TPSA) is 88.5 Å². The number of alkyl halides is 3. The number of hydrogen-bond acceptors (Lipinski definition) is 6. The molecular weight excluding hydrogens is 544 g/mol. The Morgan fingerprint density at radius 1 is 1.26 bits per heavy atom. The van der Waals surface area contributed by atoms with Crippen molar-refractivity contribution < 1.29 is 37.0 Å². The van der Waals surface area contributed by atoms with E-state index in [0.717, 1.165) is 49.6 Å². The predicted molar refractivity (Wildman–Crippen MR) is 139 cm³/mol. The number of aromatic nitrogens is 1. The molecule has 0 radical (unpaired) electrons. The Kier molecular flexibility index (Phi) is 11.4. The zero-order chi connectivity index (χ0) is 27.7. The van der Waals surface area contributed by atoms with Gasteiger partial charge in [-0.05, 0) is 61.1 Å². The van der Waals surface area contributed by atoms with Crippen LogP contribution in [0.4, 0.5) is 22.7 Å². The predicted octanol–water partition coefficient (Wildman–Crippen LogP) is 7.25.